The van der Waals surface area contributed by atoms with E-state index in [-0.39, 0.29) is 18.0 Å². The zero-order chi connectivity index (χ0) is 23.0. The lowest BCUT2D eigenvalue weighted by Gasteiger charge is -2.35. The summed E-state index contributed by atoms with van der Waals surface area (Å²) in [6.45, 7) is 5.46. The number of pyridine rings is 2. The van der Waals surface area contributed by atoms with Crippen LogP contribution in [0.25, 0.3) is 16.6 Å². The van der Waals surface area contributed by atoms with Gasteiger partial charge in [0.2, 0.25) is 0 Å². The third kappa shape index (κ3) is 4.70. The molecule has 3 aliphatic rings. The fraction of sp³-hybridized carbons (Fsp3) is 0.565. The van der Waals surface area contributed by atoms with E-state index < -0.39 is 9.84 Å². The van der Waals surface area contributed by atoms with Crippen LogP contribution < -0.4 is 10.3 Å². The van der Waals surface area contributed by atoms with Gasteiger partial charge in [-0.3, -0.25) is 9.99 Å². The summed E-state index contributed by atoms with van der Waals surface area (Å²) in [4.78, 5) is 11.9. The minimum Gasteiger partial charge on any atom is -0.377 e. The van der Waals surface area contributed by atoms with Crippen molar-refractivity contribution in [2.75, 3.05) is 44.1 Å². The molecule has 3 aliphatic heterocycles. The second kappa shape index (κ2) is 9.17. The molecule has 1 unspecified atom stereocenters. The lowest BCUT2D eigenvalue weighted by atomic mass is 10.1. The summed E-state index contributed by atoms with van der Waals surface area (Å²) in [6.07, 6.45) is 8.19. The molecule has 0 bridgehead atoms. The number of aromatic nitrogens is 2. The SMILES string of the molecule is C[C@@H]1COCCN1c1cc(CS(C)(=O)=O)c2ccnc(C3=CCNN3C3CCCCO3)c2n1. The third-order valence-corrected chi connectivity index (χ3v) is 7.22. The first-order chi connectivity index (χ1) is 15.9. The van der Waals surface area contributed by atoms with Gasteiger partial charge in [0.05, 0.1) is 30.7 Å². The number of rotatable bonds is 5. The first-order valence-corrected chi connectivity index (χ1v) is 13.6. The summed E-state index contributed by atoms with van der Waals surface area (Å²) >= 11 is 0. The zero-order valence-electron chi connectivity index (χ0n) is 19.2. The number of hydrogen-bond donors (Lipinski definition) is 1. The summed E-state index contributed by atoms with van der Waals surface area (Å²) in [5.41, 5.74) is 6.52. The van der Waals surface area contributed by atoms with Crippen molar-refractivity contribution in [2.45, 2.75) is 44.2 Å². The average Bonchev–Trinajstić information content (AvgIpc) is 3.28. The van der Waals surface area contributed by atoms with Crippen LogP contribution in [0.2, 0.25) is 0 Å². The fourth-order valence-corrected chi connectivity index (χ4v) is 5.63. The number of morpholine rings is 1. The number of nitrogens with zero attached hydrogens (tertiary/aromatic N) is 4. The minimum absolute atomic E-state index is 0.0477. The highest BCUT2D eigenvalue weighted by Crippen LogP contribution is 2.33. The molecule has 0 radical (unpaired) electrons. The summed E-state index contributed by atoms with van der Waals surface area (Å²) < 4.78 is 36.2. The second-order valence-corrected chi connectivity index (χ2v) is 11.2. The van der Waals surface area contributed by atoms with E-state index >= 15 is 0 Å². The fourth-order valence-electron chi connectivity index (χ4n) is 4.83. The lowest BCUT2D eigenvalue weighted by molar-refractivity contribution is -0.0746. The molecule has 0 spiro atoms. The molecular weight excluding hydrogens is 442 g/mol. The number of anilines is 1. The van der Waals surface area contributed by atoms with E-state index in [4.69, 9.17) is 19.4 Å². The molecule has 2 aromatic rings. The molecule has 9 nitrogen and oxygen atoms in total. The Morgan fingerprint density at radius 2 is 2.15 bits per heavy atom. The molecule has 5 heterocycles. The van der Waals surface area contributed by atoms with Gasteiger partial charge < -0.3 is 14.4 Å². The molecule has 2 atom stereocenters. The molecule has 1 N–H and O–H groups in total. The van der Waals surface area contributed by atoms with Gasteiger partial charge in [-0.2, -0.15) is 0 Å². The number of sulfone groups is 1. The van der Waals surface area contributed by atoms with Gasteiger partial charge in [-0.05, 0) is 50.0 Å². The van der Waals surface area contributed by atoms with Gasteiger partial charge in [0.1, 0.15) is 23.3 Å². The molecule has 2 aromatic heterocycles. The Labute approximate surface area is 194 Å². The maximum atomic E-state index is 12.3. The van der Waals surface area contributed by atoms with E-state index in [9.17, 15) is 8.42 Å². The summed E-state index contributed by atoms with van der Waals surface area (Å²) in [5.74, 6) is 0.715. The Bertz CT molecular complexity index is 1160. The van der Waals surface area contributed by atoms with Crippen molar-refractivity contribution in [1.82, 2.24) is 20.4 Å². The molecule has 0 aliphatic carbocycles. The maximum Gasteiger partial charge on any atom is 0.151 e. The largest absolute Gasteiger partial charge is 0.377 e. The van der Waals surface area contributed by atoms with E-state index in [0.717, 1.165) is 54.0 Å². The molecule has 5 rings (SSSR count). The Hall–Kier alpha value is -2.27. The molecule has 10 heteroatoms. The zero-order valence-corrected chi connectivity index (χ0v) is 20.0. The highest BCUT2D eigenvalue weighted by Gasteiger charge is 2.30. The van der Waals surface area contributed by atoms with Crippen molar-refractivity contribution in [3.63, 3.8) is 0 Å². The summed E-state index contributed by atoms with van der Waals surface area (Å²) in [5, 5.41) is 2.87. The monoisotopic (exact) mass is 473 g/mol. The summed E-state index contributed by atoms with van der Waals surface area (Å²) in [7, 11) is -3.24. The number of ether oxygens (including phenoxy) is 2. The van der Waals surface area contributed by atoms with Crippen LogP contribution in [0.3, 0.4) is 0 Å². The van der Waals surface area contributed by atoms with Crippen molar-refractivity contribution in [1.29, 1.82) is 0 Å². The quantitative estimate of drug-likeness (QED) is 0.700. The van der Waals surface area contributed by atoms with Crippen LogP contribution in [0.5, 0.6) is 0 Å². The molecule has 0 amide bonds. The molecule has 0 saturated carbocycles. The van der Waals surface area contributed by atoms with Crippen LogP contribution in [-0.2, 0) is 25.1 Å². The summed E-state index contributed by atoms with van der Waals surface area (Å²) in [6, 6.07) is 3.93. The Morgan fingerprint density at radius 1 is 1.27 bits per heavy atom. The predicted octanol–water partition coefficient (Wildman–Crippen LogP) is 2.09. The number of nitrogens with one attached hydrogen (secondary N) is 1. The topological polar surface area (TPSA) is 96.9 Å². The van der Waals surface area contributed by atoms with Gasteiger partial charge in [-0.1, -0.05) is 0 Å². The van der Waals surface area contributed by atoms with E-state index in [1.165, 1.54) is 6.26 Å². The number of fused-ring (bicyclic) bond motifs is 1. The average molecular weight is 474 g/mol. The van der Waals surface area contributed by atoms with Gasteiger partial charge in [0, 0.05) is 37.5 Å². The molecule has 178 valence electrons. The van der Waals surface area contributed by atoms with Gasteiger partial charge in [-0.15, -0.1) is 0 Å². The third-order valence-electron chi connectivity index (χ3n) is 6.38. The molecule has 0 aromatic carbocycles. The molecule has 2 saturated heterocycles. The normalized spacial score (nSPS) is 24.4. The van der Waals surface area contributed by atoms with Crippen molar-refractivity contribution in [3.8, 4) is 0 Å². The highest BCUT2D eigenvalue weighted by molar-refractivity contribution is 7.89. The minimum atomic E-state index is -3.24. The Morgan fingerprint density at radius 3 is 2.91 bits per heavy atom. The smallest absolute Gasteiger partial charge is 0.151 e. The van der Waals surface area contributed by atoms with Gasteiger partial charge in [0.15, 0.2) is 9.84 Å². The van der Waals surface area contributed by atoms with E-state index in [2.05, 4.69) is 28.3 Å². The first kappa shape index (κ1) is 22.5. The first-order valence-electron chi connectivity index (χ1n) is 11.6. The number of hydrazine groups is 1. The lowest BCUT2D eigenvalue weighted by Crippen LogP contribution is -2.44. The Balaban J connectivity index is 1.63. The van der Waals surface area contributed by atoms with E-state index in [1.807, 2.05) is 12.1 Å². The van der Waals surface area contributed by atoms with Gasteiger partial charge >= 0.3 is 0 Å². The van der Waals surface area contributed by atoms with Crippen LogP contribution in [0.1, 0.15) is 37.4 Å². The van der Waals surface area contributed by atoms with Gasteiger partial charge in [0.25, 0.3) is 0 Å². The van der Waals surface area contributed by atoms with Crippen LogP contribution in [-0.4, -0.2) is 74.8 Å². The highest BCUT2D eigenvalue weighted by atomic mass is 32.2. The van der Waals surface area contributed by atoms with Gasteiger partial charge in [-0.25, -0.2) is 18.8 Å². The van der Waals surface area contributed by atoms with Crippen LogP contribution >= 0.6 is 0 Å². The van der Waals surface area contributed by atoms with Crippen LogP contribution in [0, 0.1) is 0 Å². The maximum absolute atomic E-state index is 12.3. The van der Waals surface area contributed by atoms with E-state index in [1.54, 1.807) is 6.20 Å². The van der Waals surface area contributed by atoms with E-state index in [0.29, 0.717) is 31.8 Å². The standard InChI is InChI=1S/C23H31N5O4S/c1-16-14-31-12-10-27(16)20-13-17(15-33(2,29)30)18-6-8-24-23(22(18)26-20)19-7-9-25-28(19)21-5-3-4-11-32-21/h6-8,13,16,21,25H,3-5,9-12,14-15H2,1-2H3/t16-,21?/m1/s1. The van der Waals surface area contributed by atoms with Crippen LogP contribution in [0.15, 0.2) is 24.4 Å². The van der Waals surface area contributed by atoms with Crippen molar-refractivity contribution in [2.24, 2.45) is 0 Å². The molecular formula is C23H31N5O4S. The van der Waals surface area contributed by atoms with Crippen molar-refractivity contribution < 1.29 is 17.9 Å². The van der Waals surface area contributed by atoms with Crippen molar-refractivity contribution >= 4 is 32.3 Å². The van der Waals surface area contributed by atoms with Crippen LogP contribution in [0.4, 0.5) is 5.82 Å². The Kier molecular flexibility index (Phi) is 6.26. The second-order valence-electron chi connectivity index (χ2n) is 9.03. The van der Waals surface area contributed by atoms with Crippen molar-refractivity contribution in [3.05, 3.63) is 35.7 Å². The number of hydrogen-bond acceptors (Lipinski definition) is 9. The molecule has 2 fully saturated rings. The molecule has 33 heavy (non-hydrogen) atoms. The predicted molar refractivity (Wildman–Crippen MR) is 127 cm³/mol.